The van der Waals surface area contributed by atoms with Crippen molar-refractivity contribution in [3.8, 4) is 30.0 Å². The third kappa shape index (κ3) is 3.68. The Hall–Kier alpha value is 2.36. The van der Waals surface area contributed by atoms with Crippen LogP contribution in [0.2, 0.25) is 0 Å². The van der Waals surface area contributed by atoms with Crippen molar-refractivity contribution in [2.45, 2.75) is 0 Å². The molecule has 0 aliphatic rings. The summed E-state index contributed by atoms with van der Waals surface area (Å²) in [5.41, 5.74) is 0. The molecule has 0 fully saturated rings. The number of hydrogen-bond acceptors (Lipinski definition) is 6. The minimum atomic E-state index is -6.03. The second kappa shape index (κ2) is 8.51. The van der Waals surface area contributed by atoms with Gasteiger partial charge in [-0.1, -0.05) is 0 Å². The second-order valence-corrected chi connectivity index (χ2v) is 7.00. The number of nitrogens with zero attached hydrogens (tertiary/aromatic N) is 6. The monoisotopic (exact) mass is 332 g/mol. The molecule has 10 heteroatoms. The second-order valence-electron chi connectivity index (χ2n) is 1.70. The Bertz CT molecular complexity index is 398. The van der Waals surface area contributed by atoms with Crippen molar-refractivity contribution in [1.82, 2.24) is 0 Å². The summed E-state index contributed by atoms with van der Waals surface area (Å²) in [6.45, 7) is 0. The van der Waals surface area contributed by atoms with Gasteiger partial charge in [-0.25, -0.2) is 0 Å². The van der Waals surface area contributed by atoms with Gasteiger partial charge in [0.05, 0.1) is 0 Å². The molecule has 0 N–H and O–H groups in total. The molecule has 0 radical (unpaired) electrons. The van der Waals surface area contributed by atoms with Gasteiger partial charge in [0.2, 0.25) is 0 Å². The van der Waals surface area contributed by atoms with E-state index >= 15 is 0 Å². The van der Waals surface area contributed by atoms with Gasteiger partial charge in [0, 0.05) is 0 Å². The first-order valence-corrected chi connectivity index (χ1v) is 5.46. The molecule has 16 heavy (non-hydrogen) atoms. The molecule has 0 aromatic heterocycles. The molecule has 66 valence electrons. The molecule has 0 aliphatic carbocycles. The molecular weight excluding hydrogens is 332 g/mol. The van der Waals surface area contributed by atoms with E-state index in [9.17, 15) is 0 Å². The van der Waals surface area contributed by atoms with Crippen LogP contribution in [0.1, 0.15) is 0 Å². The number of hydrogen-bond donors (Lipinski definition) is 0. The van der Waals surface area contributed by atoms with Crippen LogP contribution >= 0.6 is 0 Å². The maximum Gasteiger partial charge on any atom is 1.00 e. The van der Waals surface area contributed by atoms with Gasteiger partial charge in [-0.15, -0.1) is 0 Å². The summed E-state index contributed by atoms with van der Waals surface area (Å²) in [7, 11) is -6.03. The van der Waals surface area contributed by atoms with Gasteiger partial charge < -0.3 is 0 Å². The van der Waals surface area contributed by atoms with E-state index in [4.69, 9.17) is 31.6 Å². The average molecular weight is 332 g/mol. The molecule has 0 heterocycles. The first kappa shape index (κ1) is 26.8. The molecule has 0 unspecified atom stereocenters. The predicted octanol–water partition coefficient (Wildman–Crippen LogP) is -8.89. The smallest absolute Gasteiger partial charge is 1.00 e. The predicted molar refractivity (Wildman–Crippen MR) is 33.7 cm³/mol. The maximum absolute atomic E-state index is 8.58. The molecule has 6 nitrogen and oxygen atoms in total. The Morgan fingerprint density at radius 2 is 0.562 bits per heavy atom. The van der Waals surface area contributed by atoms with Crippen LogP contribution in [0.15, 0.2) is 0 Å². The van der Waals surface area contributed by atoms with Gasteiger partial charge in [-0.3, -0.25) is 0 Å². The Labute approximate surface area is 219 Å². The normalized spacial score (nSPS) is 10.9. The molecule has 0 amide bonds. The van der Waals surface area contributed by atoms with E-state index in [1.165, 1.54) is 0 Å². The van der Waals surface area contributed by atoms with Crippen molar-refractivity contribution in [2.24, 2.45) is 0 Å². The van der Waals surface area contributed by atoms with E-state index in [0.29, 0.717) is 0 Å². The van der Waals surface area contributed by atoms with Crippen LogP contribution in [0.5, 0.6) is 0 Å². The van der Waals surface area contributed by atoms with Crippen LogP contribution < -0.4 is 154 Å². The SMILES string of the molecule is N#[C][Co-3]([C]#N)([C]#N)([C]#N)([C]#N)[C]#N.[K+].[K+].[K+]. The fourth-order valence-electron chi connectivity index (χ4n) is 0.250. The first-order chi connectivity index (χ1) is 5.97. The van der Waals surface area contributed by atoms with Gasteiger partial charge in [0.15, 0.2) is 0 Å². The molecule has 0 saturated carbocycles. The Kier molecular flexibility index (Phi) is 14.3. The van der Waals surface area contributed by atoms with Gasteiger partial charge in [-0.2, -0.15) is 0 Å². The van der Waals surface area contributed by atoms with Crippen LogP contribution in [-0.4, -0.2) is 0 Å². The molecular formula is C6CoK3N6. The van der Waals surface area contributed by atoms with Crippen molar-refractivity contribution in [2.75, 3.05) is 0 Å². The Morgan fingerprint density at radius 3 is 0.562 bits per heavy atom. The van der Waals surface area contributed by atoms with Crippen molar-refractivity contribution in [3.63, 3.8) is 0 Å². The fourth-order valence-corrected chi connectivity index (χ4v) is 1.03. The first-order valence-electron chi connectivity index (χ1n) is 2.34. The molecule has 0 aromatic carbocycles. The van der Waals surface area contributed by atoms with E-state index < -0.39 is 10.5 Å². The number of nitriles is 6. The van der Waals surface area contributed by atoms with Gasteiger partial charge in [0.1, 0.15) is 0 Å². The molecule has 0 saturated heterocycles. The summed E-state index contributed by atoms with van der Waals surface area (Å²) in [5.74, 6) is 0. The summed E-state index contributed by atoms with van der Waals surface area (Å²) in [5, 5.41) is 57.6. The summed E-state index contributed by atoms with van der Waals surface area (Å²) in [4.78, 5) is 0. The van der Waals surface area contributed by atoms with E-state index in [1.807, 2.05) is 0 Å². The Balaban J connectivity index is -0.000000240. The van der Waals surface area contributed by atoms with Crippen LogP contribution in [-0.2, 0) is 10.5 Å². The van der Waals surface area contributed by atoms with Gasteiger partial charge in [0.25, 0.3) is 0 Å². The maximum atomic E-state index is 8.58. The summed E-state index contributed by atoms with van der Waals surface area (Å²) >= 11 is 0. The largest absolute Gasteiger partial charge is 1.00 e. The molecule has 0 aliphatic heterocycles. The summed E-state index contributed by atoms with van der Waals surface area (Å²) < 4.78 is 0. The zero-order valence-corrected chi connectivity index (χ0v) is 19.4. The van der Waals surface area contributed by atoms with Crippen molar-refractivity contribution in [3.05, 3.63) is 0 Å². The van der Waals surface area contributed by atoms with E-state index in [1.54, 1.807) is 0 Å². The molecule has 0 atom stereocenters. The zero-order chi connectivity index (χ0) is 10.7. The average Bonchev–Trinajstić information content (AvgIpc) is 2.26. The minimum absolute atomic E-state index is 0. The fraction of sp³-hybridized carbons (Fsp3) is 0. The molecule has 0 bridgehead atoms. The quantitative estimate of drug-likeness (QED) is 0.403. The summed E-state index contributed by atoms with van der Waals surface area (Å²) in [6.07, 6.45) is 0. The summed E-state index contributed by atoms with van der Waals surface area (Å²) in [6, 6.07) is 0. The van der Waals surface area contributed by atoms with E-state index in [0.717, 1.165) is 30.0 Å². The molecule has 0 spiro atoms. The van der Waals surface area contributed by atoms with Crippen LogP contribution in [0, 0.1) is 61.6 Å². The topological polar surface area (TPSA) is 143 Å². The van der Waals surface area contributed by atoms with Crippen molar-refractivity contribution in [1.29, 1.82) is 31.6 Å². The van der Waals surface area contributed by atoms with E-state index in [2.05, 4.69) is 0 Å². The van der Waals surface area contributed by atoms with Crippen LogP contribution in [0.3, 0.4) is 0 Å². The Morgan fingerprint density at radius 1 is 0.438 bits per heavy atom. The van der Waals surface area contributed by atoms with Crippen molar-refractivity contribution < 1.29 is 165 Å². The van der Waals surface area contributed by atoms with Crippen LogP contribution in [0.25, 0.3) is 0 Å². The molecule has 0 aromatic rings. The zero-order valence-electron chi connectivity index (χ0n) is 9.02. The third-order valence-electron chi connectivity index (χ3n) is 1.12. The minimum Gasteiger partial charge on any atom is 1.00 e. The third-order valence-corrected chi connectivity index (χ3v) is 4.61. The van der Waals surface area contributed by atoms with Gasteiger partial charge in [-0.05, 0) is 0 Å². The standard InChI is InChI=1S/6CN.Co.3K/c6*1-2;;;;/q;;;;;;-3;3*+1. The van der Waals surface area contributed by atoms with Crippen LogP contribution in [0.4, 0.5) is 0 Å². The number of rotatable bonds is 0. The molecule has 0 rings (SSSR count). The van der Waals surface area contributed by atoms with E-state index in [-0.39, 0.29) is 154 Å². The van der Waals surface area contributed by atoms with Crippen molar-refractivity contribution >= 4 is 0 Å². The van der Waals surface area contributed by atoms with Gasteiger partial charge >= 0.3 is 226 Å².